The highest BCUT2D eigenvalue weighted by atomic mass is 32.1. The predicted molar refractivity (Wildman–Crippen MR) is 114 cm³/mol. The lowest BCUT2D eigenvalue weighted by Crippen LogP contribution is -3.15. The molecule has 0 saturated carbocycles. The van der Waals surface area contributed by atoms with E-state index in [1.807, 2.05) is 4.68 Å². The van der Waals surface area contributed by atoms with Crippen LogP contribution in [0.5, 0.6) is 0 Å². The zero-order chi connectivity index (χ0) is 20.2. The van der Waals surface area contributed by atoms with Crippen molar-refractivity contribution < 1.29 is 9.64 Å². The highest BCUT2D eigenvalue weighted by molar-refractivity contribution is 7.22. The van der Waals surface area contributed by atoms with Crippen molar-refractivity contribution in [3.05, 3.63) is 30.1 Å². The van der Waals surface area contributed by atoms with Gasteiger partial charge in [-0.3, -0.25) is 0 Å². The van der Waals surface area contributed by atoms with Gasteiger partial charge in [-0.05, 0) is 28.5 Å². The first kappa shape index (κ1) is 20.2. The number of methoxy groups -OCH3 is 1. The van der Waals surface area contributed by atoms with E-state index < -0.39 is 0 Å². The normalized spacial score (nSPS) is 16.8. The molecule has 9 heteroatoms. The Labute approximate surface area is 175 Å². The van der Waals surface area contributed by atoms with Crippen LogP contribution in [0.2, 0.25) is 0 Å². The van der Waals surface area contributed by atoms with E-state index >= 15 is 0 Å². The Morgan fingerprint density at radius 2 is 2.00 bits per heavy atom. The van der Waals surface area contributed by atoms with Gasteiger partial charge in [-0.2, -0.15) is 0 Å². The largest absolute Gasteiger partial charge is 0.383 e. The molecular weight excluding hydrogens is 386 g/mol. The number of tetrazole rings is 1. The number of hydrogen-bond acceptors (Lipinski definition) is 7. The van der Waals surface area contributed by atoms with Gasteiger partial charge in [0.15, 0.2) is 5.13 Å². The van der Waals surface area contributed by atoms with Gasteiger partial charge in [0.25, 0.3) is 0 Å². The van der Waals surface area contributed by atoms with Crippen LogP contribution < -0.4 is 9.80 Å². The van der Waals surface area contributed by atoms with Crippen molar-refractivity contribution in [3.8, 4) is 0 Å². The smallest absolute Gasteiger partial charge is 0.209 e. The summed E-state index contributed by atoms with van der Waals surface area (Å²) in [7, 11) is 1.71. The van der Waals surface area contributed by atoms with Gasteiger partial charge in [-0.1, -0.05) is 37.3 Å². The molecule has 0 unspecified atom stereocenters. The summed E-state index contributed by atoms with van der Waals surface area (Å²) >= 11 is 1.79. The fourth-order valence-electron chi connectivity index (χ4n) is 4.05. The van der Waals surface area contributed by atoms with Gasteiger partial charge in [0.1, 0.15) is 6.04 Å². The van der Waals surface area contributed by atoms with E-state index in [9.17, 15) is 0 Å². The number of rotatable bonds is 8. The quantitative estimate of drug-likeness (QED) is 0.599. The molecule has 1 N–H and O–H groups in total. The molecule has 1 fully saturated rings. The first-order chi connectivity index (χ1) is 14.2. The zero-order valence-electron chi connectivity index (χ0n) is 17.4. The molecule has 8 nitrogen and oxygen atoms in total. The summed E-state index contributed by atoms with van der Waals surface area (Å²) in [4.78, 5) is 8.82. The second-order valence-corrected chi connectivity index (χ2v) is 9.05. The lowest BCUT2D eigenvalue weighted by atomic mass is 10.0. The molecule has 1 aliphatic rings. The Bertz CT molecular complexity index is 883. The van der Waals surface area contributed by atoms with Crippen LogP contribution >= 0.6 is 11.3 Å². The number of fused-ring (bicyclic) bond motifs is 1. The van der Waals surface area contributed by atoms with Crippen LogP contribution in [-0.2, 0) is 11.3 Å². The molecule has 0 spiro atoms. The van der Waals surface area contributed by atoms with E-state index in [4.69, 9.17) is 9.72 Å². The second-order valence-electron chi connectivity index (χ2n) is 8.04. The van der Waals surface area contributed by atoms with E-state index in [-0.39, 0.29) is 0 Å². The number of anilines is 1. The lowest BCUT2D eigenvalue weighted by Gasteiger charge is -2.36. The zero-order valence-corrected chi connectivity index (χ0v) is 18.2. The summed E-state index contributed by atoms with van der Waals surface area (Å²) in [6.45, 7) is 9.98. The lowest BCUT2D eigenvalue weighted by molar-refractivity contribution is -0.934. The Kier molecular flexibility index (Phi) is 6.37. The summed E-state index contributed by atoms with van der Waals surface area (Å²) in [5, 5.41) is 13.7. The molecule has 0 radical (unpaired) electrons. The number of nitrogens with one attached hydrogen (secondary N) is 1. The van der Waals surface area contributed by atoms with Crippen LogP contribution in [0.3, 0.4) is 0 Å². The maximum atomic E-state index is 5.23. The van der Waals surface area contributed by atoms with Crippen molar-refractivity contribution in [2.45, 2.75) is 32.9 Å². The summed E-state index contributed by atoms with van der Waals surface area (Å²) in [5.74, 6) is 1.57. The molecule has 0 amide bonds. The number of benzene rings is 1. The Morgan fingerprint density at radius 3 is 2.72 bits per heavy atom. The first-order valence-electron chi connectivity index (χ1n) is 10.4. The second kappa shape index (κ2) is 9.15. The van der Waals surface area contributed by atoms with Gasteiger partial charge in [-0.25, -0.2) is 9.67 Å². The third-order valence-electron chi connectivity index (χ3n) is 5.54. The Morgan fingerprint density at radius 1 is 1.21 bits per heavy atom. The van der Waals surface area contributed by atoms with E-state index in [1.165, 1.54) is 4.70 Å². The number of nitrogens with zero attached hydrogens (tertiary/aromatic N) is 6. The Hall–Kier alpha value is -2.10. The molecule has 29 heavy (non-hydrogen) atoms. The molecule has 0 bridgehead atoms. The van der Waals surface area contributed by atoms with Gasteiger partial charge in [0.05, 0.1) is 49.5 Å². The molecule has 0 aliphatic carbocycles. The van der Waals surface area contributed by atoms with Crippen LogP contribution in [0, 0.1) is 5.92 Å². The number of thiazole rings is 1. The number of para-hydroxylation sites is 1. The van der Waals surface area contributed by atoms with Gasteiger partial charge < -0.3 is 14.5 Å². The number of piperazine rings is 1. The SMILES string of the molecule is COCCn1nnnc1[C@@H](CC(C)C)[NH+]1CCN(c2nc3ccccc3s2)CC1. The van der Waals surface area contributed by atoms with Crippen molar-refractivity contribution in [3.63, 3.8) is 0 Å². The van der Waals surface area contributed by atoms with Crippen molar-refractivity contribution >= 4 is 26.7 Å². The third kappa shape index (κ3) is 4.57. The van der Waals surface area contributed by atoms with Crippen molar-refractivity contribution in [1.29, 1.82) is 0 Å². The molecular formula is C20H30N7OS+. The average molecular weight is 417 g/mol. The number of aromatic nitrogens is 5. The van der Waals surface area contributed by atoms with Gasteiger partial charge in [0, 0.05) is 13.5 Å². The molecule has 3 heterocycles. The van der Waals surface area contributed by atoms with Crippen LogP contribution in [0.4, 0.5) is 5.13 Å². The van der Waals surface area contributed by atoms with E-state index in [0.29, 0.717) is 25.1 Å². The fraction of sp³-hybridized carbons (Fsp3) is 0.600. The van der Waals surface area contributed by atoms with E-state index in [2.05, 4.69) is 58.5 Å². The van der Waals surface area contributed by atoms with E-state index in [0.717, 1.165) is 49.1 Å². The molecule has 1 aliphatic heterocycles. The summed E-state index contributed by atoms with van der Waals surface area (Å²) in [6, 6.07) is 8.68. The maximum absolute atomic E-state index is 5.23. The predicted octanol–water partition coefficient (Wildman–Crippen LogP) is 1.42. The number of quaternary nitrogens is 1. The van der Waals surface area contributed by atoms with Crippen molar-refractivity contribution in [1.82, 2.24) is 25.2 Å². The Balaban J connectivity index is 1.47. The summed E-state index contributed by atoms with van der Waals surface area (Å²) in [5.41, 5.74) is 1.09. The molecule has 1 aromatic carbocycles. The first-order valence-corrected chi connectivity index (χ1v) is 11.2. The molecule has 156 valence electrons. The highest BCUT2D eigenvalue weighted by Crippen LogP contribution is 2.28. The van der Waals surface area contributed by atoms with Gasteiger partial charge >= 0.3 is 0 Å². The third-order valence-corrected chi connectivity index (χ3v) is 6.63. The molecule has 2 aromatic heterocycles. The summed E-state index contributed by atoms with van der Waals surface area (Å²) < 4.78 is 8.41. The number of ether oxygens (including phenoxy) is 1. The topological polar surface area (TPSA) is 73.4 Å². The maximum Gasteiger partial charge on any atom is 0.209 e. The minimum absolute atomic E-state index is 0.305. The minimum Gasteiger partial charge on any atom is -0.383 e. The molecule has 1 saturated heterocycles. The number of hydrogen-bond donors (Lipinski definition) is 1. The van der Waals surface area contributed by atoms with Gasteiger partial charge in [0.2, 0.25) is 5.82 Å². The standard InChI is InChI=1S/C20H29N7OS/c1-15(2)14-17(19-22-23-24-27(19)12-13-28-3)25-8-10-26(11-9-25)20-21-16-6-4-5-7-18(16)29-20/h4-7,15,17H,8-14H2,1-3H3/p+1/t17-/m1/s1. The fourth-order valence-corrected chi connectivity index (χ4v) is 5.07. The van der Waals surface area contributed by atoms with Crippen molar-refractivity contribution in [2.24, 2.45) is 5.92 Å². The minimum atomic E-state index is 0.305. The van der Waals surface area contributed by atoms with Crippen LogP contribution in [0.1, 0.15) is 32.1 Å². The monoisotopic (exact) mass is 416 g/mol. The van der Waals surface area contributed by atoms with Crippen LogP contribution in [0.15, 0.2) is 24.3 Å². The summed E-state index contributed by atoms with van der Waals surface area (Å²) in [6.07, 6.45) is 1.07. The van der Waals surface area contributed by atoms with E-state index in [1.54, 1.807) is 23.3 Å². The average Bonchev–Trinajstić information content (AvgIpc) is 3.37. The molecule has 4 rings (SSSR count). The van der Waals surface area contributed by atoms with Crippen LogP contribution in [0.25, 0.3) is 10.2 Å². The van der Waals surface area contributed by atoms with Crippen LogP contribution in [-0.4, -0.2) is 65.1 Å². The molecule has 3 aromatic rings. The highest BCUT2D eigenvalue weighted by Gasteiger charge is 2.33. The van der Waals surface area contributed by atoms with Crippen molar-refractivity contribution in [2.75, 3.05) is 44.8 Å². The van der Waals surface area contributed by atoms with Gasteiger partial charge in [-0.15, -0.1) is 5.10 Å². The molecule has 1 atom stereocenters.